The minimum atomic E-state index is 0.00734. The van der Waals surface area contributed by atoms with Crippen LogP contribution in [0.4, 0.5) is 0 Å². The van der Waals surface area contributed by atoms with Gasteiger partial charge in [0.2, 0.25) is 0 Å². The Morgan fingerprint density at radius 1 is 1.09 bits per heavy atom. The van der Waals surface area contributed by atoms with E-state index in [0.29, 0.717) is 6.54 Å². The molecule has 0 spiro atoms. The summed E-state index contributed by atoms with van der Waals surface area (Å²) in [5.41, 5.74) is 2.08. The summed E-state index contributed by atoms with van der Waals surface area (Å²) in [5, 5.41) is 0. The fourth-order valence-electron chi connectivity index (χ4n) is 2.33. The molecule has 0 unspecified atom stereocenters. The second-order valence-corrected chi connectivity index (χ2v) is 5.33. The van der Waals surface area contributed by atoms with Crippen molar-refractivity contribution in [3.8, 4) is 11.5 Å². The van der Waals surface area contributed by atoms with Crippen LogP contribution in [0.2, 0.25) is 0 Å². The lowest BCUT2D eigenvalue weighted by Gasteiger charge is -2.19. The van der Waals surface area contributed by atoms with Crippen molar-refractivity contribution in [1.29, 1.82) is 0 Å². The first-order chi connectivity index (χ1) is 10.5. The average Bonchev–Trinajstić information content (AvgIpc) is 2.51. The molecule has 5 heteroatoms. The first kappa shape index (κ1) is 16.1. The minimum absolute atomic E-state index is 0.00734. The summed E-state index contributed by atoms with van der Waals surface area (Å²) >= 11 is 0. The van der Waals surface area contributed by atoms with Crippen molar-refractivity contribution in [2.45, 2.75) is 13.1 Å². The summed E-state index contributed by atoms with van der Waals surface area (Å²) in [6, 6.07) is 9.43. The second-order valence-electron chi connectivity index (χ2n) is 5.33. The predicted octanol–water partition coefficient (Wildman–Crippen LogP) is 2.03. The molecule has 0 saturated carbocycles. The van der Waals surface area contributed by atoms with E-state index in [1.165, 1.54) is 0 Å². The molecule has 2 rings (SSSR count). The molecule has 0 atom stereocenters. The maximum absolute atomic E-state index is 11.7. The minimum Gasteiger partial charge on any atom is -0.497 e. The molecule has 0 amide bonds. The summed E-state index contributed by atoms with van der Waals surface area (Å²) in [7, 11) is 7.05. The number of aryl methyl sites for hydroxylation is 1. The monoisotopic (exact) mass is 302 g/mol. The van der Waals surface area contributed by atoms with Gasteiger partial charge in [0.1, 0.15) is 11.5 Å². The predicted molar refractivity (Wildman–Crippen MR) is 86.4 cm³/mol. The zero-order chi connectivity index (χ0) is 16.1. The van der Waals surface area contributed by atoms with E-state index in [2.05, 4.69) is 4.90 Å². The third-order valence-corrected chi connectivity index (χ3v) is 3.56. The smallest absolute Gasteiger partial charge is 0.250 e. The van der Waals surface area contributed by atoms with Crippen molar-refractivity contribution < 1.29 is 9.47 Å². The number of rotatable bonds is 6. The summed E-state index contributed by atoms with van der Waals surface area (Å²) in [6.45, 7) is 1.42. The lowest BCUT2D eigenvalue weighted by Crippen LogP contribution is -2.21. The van der Waals surface area contributed by atoms with Gasteiger partial charge in [-0.3, -0.25) is 9.69 Å². The summed E-state index contributed by atoms with van der Waals surface area (Å²) in [5.74, 6) is 1.57. The van der Waals surface area contributed by atoms with E-state index >= 15 is 0 Å². The van der Waals surface area contributed by atoms with E-state index in [4.69, 9.17) is 9.47 Å². The molecular weight excluding hydrogens is 280 g/mol. The Morgan fingerprint density at radius 3 is 2.50 bits per heavy atom. The quantitative estimate of drug-likeness (QED) is 0.819. The Morgan fingerprint density at radius 2 is 1.86 bits per heavy atom. The van der Waals surface area contributed by atoms with Crippen LogP contribution in [-0.4, -0.2) is 30.7 Å². The maximum Gasteiger partial charge on any atom is 0.250 e. The number of hydrogen-bond acceptors (Lipinski definition) is 4. The van der Waals surface area contributed by atoms with Crippen LogP contribution < -0.4 is 15.0 Å². The highest BCUT2D eigenvalue weighted by Crippen LogP contribution is 2.25. The molecule has 0 N–H and O–H groups in total. The molecule has 0 aliphatic rings. The topological polar surface area (TPSA) is 43.7 Å². The van der Waals surface area contributed by atoms with Gasteiger partial charge in [0.05, 0.1) is 14.2 Å². The number of ether oxygens (including phenoxy) is 2. The highest BCUT2D eigenvalue weighted by molar-refractivity contribution is 5.40. The maximum atomic E-state index is 11.7. The third kappa shape index (κ3) is 3.89. The van der Waals surface area contributed by atoms with Gasteiger partial charge < -0.3 is 14.0 Å². The van der Waals surface area contributed by atoms with Gasteiger partial charge in [-0.1, -0.05) is 6.07 Å². The van der Waals surface area contributed by atoms with Crippen LogP contribution in [0, 0.1) is 0 Å². The van der Waals surface area contributed by atoms with Crippen LogP contribution in [-0.2, 0) is 20.1 Å². The molecule has 0 fully saturated rings. The number of benzene rings is 1. The number of nitrogens with zero attached hydrogens (tertiary/aromatic N) is 2. The van der Waals surface area contributed by atoms with E-state index < -0.39 is 0 Å². The third-order valence-electron chi connectivity index (χ3n) is 3.56. The number of pyridine rings is 1. The first-order valence-corrected chi connectivity index (χ1v) is 7.08. The summed E-state index contributed by atoms with van der Waals surface area (Å²) < 4.78 is 12.2. The second kappa shape index (κ2) is 7.13. The molecule has 0 aliphatic heterocycles. The SMILES string of the molecule is COc1ccc(CN(C)Cc2ccn(C)c(=O)c2)c(OC)c1. The van der Waals surface area contributed by atoms with Gasteiger partial charge in [0.15, 0.2) is 0 Å². The largest absolute Gasteiger partial charge is 0.497 e. The fourth-order valence-corrected chi connectivity index (χ4v) is 2.33. The van der Waals surface area contributed by atoms with Crippen LogP contribution in [0.25, 0.3) is 0 Å². The van der Waals surface area contributed by atoms with Crippen molar-refractivity contribution in [3.05, 3.63) is 58.0 Å². The number of hydrogen-bond donors (Lipinski definition) is 0. The molecule has 0 radical (unpaired) electrons. The molecule has 1 aromatic heterocycles. The Balaban J connectivity index is 2.09. The van der Waals surface area contributed by atoms with Gasteiger partial charge in [-0.15, -0.1) is 0 Å². The van der Waals surface area contributed by atoms with E-state index in [0.717, 1.165) is 29.2 Å². The van der Waals surface area contributed by atoms with Crippen molar-refractivity contribution in [2.75, 3.05) is 21.3 Å². The molecule has 1 heterocycles. The van der Waals surface area contributed by atoms with Gasteiger partial charge in [0, 0.05) is 44.0 Å². The van der Waals surface area contributed by atoms with Crippen LogP contribution >= 0.6 is 0 Å². The molecular formula is C17H22N2O3. The number of aromatic nitrogens is 1. The van der Waals surface area contributed by atoms with E-state index in [9.17, 15) is 4.79 Å². The summed E-state index contributed by atoms with van der Waals surface area (Å²) in [4.78, 5) is 13.8. The van der Waals surface area contributed by atoms with Crippen LogP contribution in [0.3, 0.4) is 0 Å². The first-order valence-electron chi connectivity index (χ1n) is 7.08. The molecule has 0 bridgehead atoms. The highest BCUT2D eigenvalue weighted by atomic mass is 16.5. The van der Waals surface area contributed by atoms with Crippen molar-refractivity contribution in [1.82, 2.24) is 9.47 Å². The normalized spacial score (nSPS) is 10.8. The molecule has 0 saturated heterocycles. The lowest BCUT2D eigenvalue weighted by molar-refractivity contribution is 0.309. The summed E-state index contributed by atoms with van der Waals surface area (Å²) in [6.07, 6.45) is 1.79. The van der Waals surface area contributed by atoms with Gasteiger partial charge in [-0.2, -0.15) is 0 Å². The van der Waals surface area contributed by atoms with Crippen molar-refractivity contribution in [3.63, 3.8) is 0 Å². The zero-order valence-corrected chi connectivity index (χ0v) is 13.5. The Bertz CT molecular complexity index is 695. The van der Waals surface area contributed by atoms with E-state index in [1.54, 1.807) is 38.1 Å². The molecule has 118 valence electrons. The van der Waals surface area contributed by atoms with Crippen molar-refractivity contribution >= 4 is 0 Å². The van der Waals surface area contributed by atoms with Crippen LogP contribution in [0.5, 0.6) is 11.5 Å². The molecule has 0 aliphatic carbocycles. The van der Waals surface area contributed by atoms with Gasteiger partial charge in [0.25, 0.3) is 5.56 Å². The standard InChI is InChI=1S/C17H22N2O3/c1-18(11-13-7-8-19(2)17(20)9-13)12-14-5-6-15(21-3)10-16(14)22-4/h5-10H,11-12H2,1-4H3. The zero-order valence-electron chi connectivity index (χ0n) is 13.5. The van der Waals surface area contributed by atoms with Crippen molar-refractivity contribution in [2.24, 2.45) is 7.05 Å². The Hall–Kier alpha value is -2.27. The highest BCUT2D eigenvalue weighted by Gasteiger charge is 2.09. The van der Waals surface area contributed by atoms with Gasteiger partial charge in [-0.05, 0) is 24.7 Å². The number of methoxy groups -OCH3 is 2. The van der Waals surface area contributed by atoms with Crippen LogP contribution in [0.15, 0.2) is 41.3 Å². The van der Waals surface area contributed by atoms with Crippen LogP contribution in [0.1, 0.15) is 11.1 Å². The lowest BCUT2D eigenvalue weighted by atomic mass is 10.1. The van der Waals surface area contributed by atoms with Gasteiger partial charge in [-0.25, -0.2) is 0 Å². The average molecular weight is 302 g/mol. The molecule has 22 heavy (non-hydrogen) atoms. The molecule has 1 aromatic carbocycles. The fraction of sp³-hybridized carbons (Fsp3) is 0.353. The Kier molecular flexibility index (Phi) is 5.22. The molecule has 5 nitrogen and oxygen atoms in total. The molecule has 2 aromatic rings. The van der Waals surface area contributed by atoms with E-state index in [1.807, 2.05) is 31.3 Å². The Labute approximate surface area is 130 Å². The van der Waals surface area contributed by atoms with E-state index in [-0.39, 0.29) is 5.56 Å². The van der Waals surface area contributed by atoms with Gasteiger partial charge >= 0.3 is 0 Å².